The SMILES string of the molecule is C=C\C=C(C)/C(=C\C)C(/C)=C/C=c1/[nH]nc(-c2cc3c(-c4cccc(F)c4)ccnc3[nH]2)c1=C. The molecular weight excluding hydrogens is 423 g/mol. The second-order valence-corrected chi connectivity index (χ2v) is 8.08. The van der Waals surface area contributed by atoms with Crippen LogP contribution in [0.3, 0.4) is 0 Å². The third-order valence-corrected chi connectivity index (χ3v) is 5.83. The van der Waals surface area contributed by atoms with Gasteiger partial charge in [0.1, 0.15) is 17.2 Å². The van der Waals surface area contributed by atoms with Crippen LogP contribution in [-0.2, 0) is 0 Å². The van der Waals surface area contributed by atoms with Gasteiger partial charge in [0, 0.05) is 16.8 Å². The van der Waals surface area contributed by atoms with Crippen molar-refractivity contribution in [3.63, 3.8) is 0 Å². The maximum absolute atomic E-state index is 13.8. The van der Waals surface area contributed by atoms with Crippen LogP contribution in [0.1, 0.15) is 20.8 Å². The summed E-state index contributed by atoms with van der Waals surface area (Å²) in [5, 5.41) is 10.1. The second-order valence-electron chi connectivity index (χ2n) is 8.08. The molecule has 4 nitrogen and oxygen atoms in total. The van der Waals surface area contributed by atoms with Crippen molar-refractivity contribution in [1.82, 2.24) is 20.2 Å². The van der Waals surface area contributed by atoms with Crippen molar-refractivity contribution in [3.8, 4) is 22.5 Å². The van der Waals surface area contributed by atoms with Gasteiger partial charge in [-0.25, -0.2) is 9.37 Å². The van der Waals surface area contributed by atoms with Crippen LogP contribution in [0.4, 0.5) is 4.39 Å². The van der Waals surface area contributed by atoms with Crippen LogP contribution in [0.5, 0.6) is 0 Å². The Morgan fingerprint density at radius 1 is 1.09 bits per heavy atom. The molecule has 0 spiro atoms. The molecule has 0 radical (unpaired) electrons. The molecule has 34 heavy (non-hydrogen) atoms. The third-order valence-electron chi connectivity index (χ3n) is 5.83. The maximum Gasteiger partial charge on any atom is 0.138 e. The Bertz CT molecular complexity index is 1580. The van der Waals surface area contributed by atoms with Crippen LogP contribution in [0, 0.1) is 5.82 Å². The summed E-state index contributed by atoms with van der Waals surface area (Å²) in [4.78, 5) is 7.78. The van der Waals surface area contributed by atoms with E-state index >= 15 is 0 Å². The number of halogens is 1. The quantitative estimate of drug-likeness (QED) is 0.355. The molecule has 0 atom stereocenters. The van der Waals surface area contributed by atoms with Gasteiger partial charge >= 0.3 is 0 Å². The number of aromatic nitrogens is 4. The first kappa shape index (κ1) is 22.9. The van der Waals surface area contributed by atoms with Gasteiger partial charge in [-0.3, -0.25) is 5.10 Å². The van der Waals surface area contributed by atoms with Gasteiger partial charge in [-0.1, -0.05) is 49.6 Å². The molecule has 170 valence electrons. The molecule has 3 aromatic heterocycles. The van der Waals surface area contributed by atoms with Crippen molar-refractivity contribution in [1.29, 1.82) is 0 Å². The molecule has 1 aromatic carbocycles. The summed E-state index contributed by atoms with van der Waals surface area (Å²) >= 11 is 0. The predicted octanol–water partition coefficient (Wildman–Crippen LogP) is 5.97. The molecule has 0 bridgehead atoms. The van der Waals surface area contributed by atoms with Crippen molar-refractivity contribution < 1.29 is 4.39 Å². The van der Waals surface area contributed by atoms with E-state index in [4.69, 9.17) is 0 Å². The largest absolute Gasteiger partial charge is 0.338 e. The molecule has 5 heteroatoms. The van der Waals surface area contributed by atoms with Crippen molar-refractivity contribution >= 4 is 23.7 Å². The van der Waals surface area contributed by atoms with Gasteiger partial charge in [-0.05, 0) is 79.0 Å². The lowest BCUT2D eigenvalue weighted by Gasteiger charge is -2.06. The summed E-state index contributed by atoms with van der Waals surface area (Å²) < 4.78 is 13.8. The standard InChI is InChI=1S/C29H27FN4/c1-6-9-18(3)23(7-2)19(4)12-13-26-20(5)28(34-33-26)27-17-25-24(14-15-31-29(25)32-27)21-10-8-11-22(30)16-21/h6-17,33H,1,5H2,2-4H3,(H,31,32)/b18-9-,19-12+,23-7+,26-13+. The average molecular weight is 451 g/mol. The van der Waals surface area contributed by atoms with Crippen LogP contribution in [-0.4, -0.2) is 20.2 Å². The summed E-state index contributed by atoms with van der Waals surface area (Å²) in [5.41, 5.74) is 7.37. The van der Waals surface area contributed by atoms with E-state index in [1.54, 1.807) is 18.3 Å². The highest BCUT2D eigenvalue weighted by Gasteiger charge is 2.12. The highest BCUT2D eigenvalue weighted by Crippen LogP contribution is 2.30. The fourth-order valence-electron chi connectivity index (χ4n) is 4.13. The number of H-pyrrole nitrogens is 2. The molecule has 0 aliphatic heterocycles. The zero-order chi connectivity index (χ0) is 24.2. The van der Waals surface area contributed by atoms with Gasteiger partial charge in [-0.2, -0.15) is 5.10 Å². The van der Waals surface area contributed by atoms with Crippen LogP contribution in [0.15, 0.2) is 90.2 Å². The number of nitrogens with one attached hydrogen (secondary N) is 2. The lowest BCUT2D eigenvalue weighted by atomic mass is 9.99. The maximum atomic E-state index is 13.8. The van der Waals surface area contributed by atoms with E-state index in [1.165, 1.54) is 12.1 Å². The Kier molecular flexibility index (Phi) is 6.55. The number of fused-ring (bicyclic) bond motifs is 1. The molecule has 4 aromatic rings. The molecule has 0 saturated heterocycles. The zero-order valence-electron chi connectivity index (χ0n) is 19.6. The molecule has 0 aliphatic rings. The van der Waals surface area contributed by atoms with Crippen molar-refractivity contribution in [2.24, 2.45) is 0 Å². The Morgan fingerprint density at radius 3 is 2.62 bits per heavy atom. The number of rotatable bonds is 6. The molecular formula is C29H27FN4. The summed E-state index contributed by atoms with van der Waals surface area (Å²) in [6.07, 6.45) is 11.6. The number of hydrogen-bond donors (Lipinski definition) is 2. The van der Waals surface area contributed by atoms with Crippen LogP contribution >= 0.6 is 0 Å². The van der Waals surface area contributed by atoms with E-state index in [9.17, 15) is 4.39 Å². The Labute approximate surface area is 198 Å². The van der Waals surface area contributed by atoms with E-state index in [-0.39, 0.29) is 5.82 Å². The fraction of sp³-hybridized carbons (Fsp3) is 0.103. The fourth-order valence-corrected chi connectivity index (χ4v) is 4.13. The molecule has 0 amide bonds. The first-order chi connectivity index (χ1) is 16.4. The number of aromatic amines is 2. The van der Waals surface area contributed by atoms with Gasteiger partial charge in [0.2, 0.25) is 0 Å². The lowest BCUT2D eigenvalue weighted by molar-refractivity contribution is 0.628. The lowest BCUT2D eigenvalue weighted by Crippen LogP contribution is -2.21. The molecule has 0 aliphatic carbocycles. The number of hydrogen-bond acceptors (Lipinski definition) is 2. The zero-order valence-corrected chi connectivity index (χ0v) is 19.6. The highest BCUT2D eigenvalue weighted by atomic mass is 19.1. The van der Waals surface area contributed by atoms with E-state index < -0.39 is 0 Å². The minimum Gasteiger partial charge on any atom is -0.338 e. The molecule has 0 fully saturated rings. The highest BCUT2D eigenvalue weighted by molar-refractivity contribution is 5.95. The van der Waals surface area contributed by atoms with Gasteiger partial charge in [0.05, 0.1) is 11.0 Å². The molecule has 0 unspecified atom stereocenters. The molecule has 0 saturated carbocycles. The first-order valence-corrected chi connectivity index (χ1v) is 11.0. The number of benzene rings is 1. The number of nitrogens with zero attached hydrogens (tertiary/aromatic N) is 2. The molecule has 4 rings (SSSR count). The van der Waals surface area contributed by atoms with Crippen molar-refractivity contribution in [2.45, 2.75) is 20.8 Å². The summed E-state index contributed by atoms with van der Waals surface area (Å²) in [5.74, 6) is -0.273. The van der Waals surface area contributed by atoms with Crippen molar-refractivity contribution in [3.05, 3.63) is 107 Å². The average Bonchev–Trinajstić information content (AvgIpc) is 3.41. The number of allylic oxidation sites excluding steroid dienone is 7. The van der Waals surface area contributed by atoms with E-state index in [2.05, 4.69) is 59.3 Å². The Morgan fingerprint density at radius 2 is 1.88 bits per heavy atom. The topological polar surface area (TPSA) is 57.4 Å². The van der Waals surface area contributed by atoms with Crippen LogP contribution in [0.25, 0.3) is 46.2 Å². The second kappa shape index (κ2) is 9.71. The van der Waals surface area contributed by atoms with Gasteiger partial charge < -0.3 is 4.98 Å². The Balaban J connectivity index is 1.74. The minimum absolute atomic E-state index is 0.273. The minimum atomic E-state index is -0.273. The monoisotopic (exact) mass is 450 g/mol. The summed E-state index contributed by atoms with van der Waals surface area (Å²) in [6, 6.07) is 10.4. The van der Waals surface area contributed by atoms with Crippen LogP contribution < -0.4 is 10.6 Å². The summed E-state index contributed by atoms with van der Waals surface area (Å²) in [7, 11) is 0. The van der Waals surface area contributed by atoms with Crippen molar-refractivity contribution in [2.75, 3.05) is 0 Å². The molecule has 3 heterocycles. The number of pyridine rings is 1. The van der Waals surface area contributed by atoms with Gasteiger partial charge in [-0.15, -0.1) is 0 Å². The summed E-state index contributed by atoms with van der Waals surface area (Å²) in [6.45, 7) is 14.2. The van der Waals surface area contributed by atoms with Gasteiger partial charge in [0.15, 0.2) is 0 Å². The smallest absolute Gasteiger partial charge is 0.138 e. The normalized spacial score (nSPS) is 13.6. The van der Waals surface area contributed by atoms with E-state index in [0.717, 1.165) is 55.2 Å². The Hall–Kier alpha value is -4.25. The predicted molar refractivity (Wildman–Crippen MR) is 140 cm³/mol. The molecule has 2 N–H and O–H groups in total. The van der Waals surface area contributed by atoms with Crippen LogP contribution in [0.2, 0.25) is 0 Å². The third kappa shape index (κ3) is 4.46. The van der Waals surface area contributed by atoms with E-state index in [1.807, 2.05) is 37.3 Å². The van der Waals surface area contributed by atoms with E-state index in [0.29, 0.717) is 5.65 Å². The first-order valence-electron chi connectivity index (χ1n) is 11.0. The van der Waals surface area contributed by atoms with Gasteiger partial charge in [0.25, 0.3) is 0 Å².